The topological polar surface area (TPSA) is 84.5 Å². The number of thioether (sulfide) groups is 1. The number of benzene rings is 2. The summed E-state index contributed by atoms with van der Waals surface area (Å²) in [5, 5.41) is 5.67. The maximum atomic E-state index is 13.8. The van der Waals surface area contributed by atoms with Crippen LogP contribution in [0.15, 0.2) is 47.4 Å². The number of carbonyl (C=O) groups excluding carboxylic acids is 3. The zero-order chi connectivity index (χ0) is 22.9. The number of halogens is 1. The first kappa shape index (κ1) is 23.8. The summed E-state index contributed by atoms with van der Waals surface area (Å²) >= 11 is 1.29. The summed E-state index contributed by atoms with van der Waals surface area (Å²) < 4.78 is 18.4. The molecule has 2 aromatic rings. The van der Waals surface area contributed by atoms with E-state index in [0.717, 1.165) is 26.0 Å². The standard InChI is InChI=1S/C24H27FN2O4S/c1-31-24(30)19-13-17(11-12-20(19)25)27-23(29)18-9-5-6-10-21(18)32-15-22(28)26-14-16-7-3-2-4-8-16/h5-6,9-13,16H,2-4,7-8,14-15H2,1H3,(H,26,28)(H,27,29). The quantitative estimate of drug-likeness (QED) is 0.444. The highest BCUT2D eigenvalue weighted by atomic mass is 32.2. The van der Waals surface area contributed by atoms with Crippen molar-refractivity contribution in [3.05, 3.63) is 59.4 Å². The van der Waals surface area contributed by atoms with Crippen LogP contribution in [-0.4, -0.2) is 37.2 Å². The fraction of sp³-hybridized carbons (Fsp3) is 0.375. The van der Waals surface area contributed by atoms with Crippen LogP contribution >= 0.6 is 11.8 Å². The molecule has 2 N–H and O–H groups in total. The Kier molecular flexibility index (Phi) is 8.67. The number of amides is 2. The van der Waals surface area contributed by atoms with E-state index >= 15 is 0 Å². The molecule has 0 atom stereocenters. The maximum absolute atomic E-state index is 13.8. The van der Waals surface area contributed by atoms with Crippen molar-refractivity contribution in [3.8, 4) is 0 Å². The Bertz CT molecular complexity index is 976. The predicted octanol–water partition coefficient (Wildman–Crippen LogP) is 4.65. The molecule has 1 saturated carbocycles. The summed E-state index contributed by atoms with van der Waals surface area (Å²) in [6, 6.07) is 10.7. The summed E-state index contributed by atoms with van der Waals surface area (Å²) in [4.78, 5) is 37.4. The van der Waals surface area contributed by atoms with Crippen molar-refractivity contribution in [2.45, 2.75) is 37.0 Å². The Morgan fingerprint density at radius 2 is 1.81 bits per heavy atom. The minimum Gasteiger partial charge on any atom is -0.465 e. The Labute approximate surface area is 191 Å². The molecule has 0 heterocycles. The molecule has 6 nitrogen and oxygen atoms in total. The number of rotatable bonds is 8. The van der Waals surface area contributed by atoms with E-state index in [1.54, 1.807) is 24.3 Å². The van der Waals surface area contributed by atoms with Crippen molar-refractivity contribution in [2.24, 2.45) is 5.92 Å². The fourth-order valence-electron chi connectivity index (χ4n) is 3.69. The lowest BCUT2D eigenvalue weighted by Gasteiger charge is -2.21. The van der Waals surface area contributed by atoms with Crippen LogP contribution in [0.25, 0.3) is 0 Å². The number of ether oxygens (including phenoxy) is 1. The van der Waals surface area contributed by atoms with Gasteiger partial charge in [-0.2, -0.15) is 0 Å². The van der Waals surface area contributed by atoms with E-state index in [2.05, 4.69) is 15.4 Å². The second kappa shape index (κ2) is 11.7. The molecule has 3 rings (SSSR count). The highest BCUT2D eigenvalue weighted by molar-refractivity contribution is 8.00. The van der Waals surface area contributed by atoms with Gasteiger partial charge in [-0.15, -0.1) is 11.8 Å². The first-order valence-corrected chi connectivity index (χ1v) is 11.6. The van der Waals surface area contributed by atoms with Gasteiger partial charge in [0, 0.05) is 17.1 Å². The molecule has 2 amide bonds. The summed E-state index contributed by atoms with van der Waals surface area (Å²) in [5.74, 6) is -1.27. The molecule has 0 saturated heterocycles. The van der Waals surface area contributed by atoms with E-state index in [1.165, 1.54) is 43.2 Å². The largest absolute Gasteiger partial charge is 0.465 e. The fourth-order valence-corrected chi connectivity index (χ4v) is 4.57. The summed E-state index contributed by atoms with van der Waals surface area (Å²) in [7, 11) is 1.16. The lowest BCUT2D eigenvalue weighted by molar-refractivity contribution is -0.118. The van der Waals surface area contributed by atoms with E-state index in [-0.39, 0.29) is 22.9 Å². The molecule has 8 heteroatoms. The third-order valence-corrected chi connectivity index (χ3v) is 6.51. The van der Waals surface area contributed by atoms with Gasteiger partial charge in [-0.1, -0.05) is 31.4 Å². The van der Waals surface area contributed by atoms with Gasteiger partial charge in [0.2, 0.25) is 5.91 Å². The van der Waals surface area contributed by atoms with E-state index in [4.69, 9.17) is 0 Å². The highest BCUT2D eigenvalue weighted by Crippen LogP contribution is 2.25. The van der Waals surface area contributed by atoms with Gasteiger partial charge in [0.25, 0.3) is 5.91 Å². The molecule has 1 fully saturated rings. The van der Waals surface area contributed by atoms with Crippen LogP contribution in [0.2, 0.25) is 0 Å². The van der Waals surface area contributed by atoms with Gasteiger partial charge in [-0.3, -0.25) is 9.59 Å². The highest BCUT2D eigenvalue weighted by Gasteiger charge is 2.17. The van der Waals surface area contributed by atoms with Crippen molar-refractivity contribution < 1.29 is 23.5 Å². The van der Waals surface area contributed by atoms with E-state index in [1.807, 2.05) is 0 Å². The second-order valence-corrected chi connectivity index (χ2v) is 8.75. The number of esters is 1. The van der Waals surface area contributed by atoms with E-state index in [9.17, 15) is 18.8 Å². The molecule has 1 aliphatic rings. The van der Waals surface area contributed by atoms with Gasteiger partial charge in [0.05, 0.1) is 24.0 Å². The Morgan fingerprint density at radius 3 is 2.56 bits per heavy atom. The molecule has 0 aromatic heterocycles. The number of hydrogen-bond donors (Lipinski definition) is 2. The molecule has 0 aliphatic heterocycles. The molecule has 2 aromatic carbocycles. The van der Waals surface area contributed by atoms with Crippen molar-refractivity contribution in [1.29, 1.82) is 0 Å². The average Bonchev–Trinajstić information content (AvgIpc) is 2.83. The smallest absolute Gasteiger partial charge is 0.340 e. The first-order chi connectivity index (χ1) is 15.5. The normalized spacial score (nSPS) is 13.9. The third-order valence-electron chi connectivity index (χ3n) is 5.43. The van der Waals surface area contributed by atoms with E-state index in [0.29, 0.717) is 22.9 Å². The minimum absolute atomic E-state index is 0.0583. The summed E-state index contributed by atoms with van der Waals surface area (Å²) in [6.45, 7) is 0.703. The van der Waals surface area contributed by atoms with Crippen LogP contribution in [0.5, 0.6) is 0 Å². The molecular weight excluding hydrogens is 431 g/mol. The Balaban J connectivity index is 1.60. The molecule has 170 valence electrons. The lowest BCUT2D eigenvalue weighted by atomic mass is 9.89. The number of anilines is 1. The maximum Gasteiger partial charge on any atom is 0.340 e. The van der Waals surface area contributed by atoms with Crippen molar-refractivity contribution >= 4 is 35.2 Å². The molecular formula is C24H27FN2O4S. The van der Waals surface area contributed by atoms with Crippen molar-refractivity contribution in [1.82, 2.24) is 5.32 Å². The molecule has 0 spiro atoms. The lowest BCUT2D eigenvalue weighted by Crippen LogP contribution is -2.31. The molecule has 0 radical (unpaired) electrons. The molecule has 1 aliphatic carbocycles. The number of nitrogens with one attached hydrogen (secondary N) is 2. The minimum atomic E-state index is -0.825. The Hall–Kier alpha value is -2.87. The van der Waals surface area contributed by atoms with Gasteiger partial charge in [0.1, 0.15) is 5.82 Å². The van der Waals surface area contributed by atoms with Gasteiger partial charge in [-0.05, 0) is 49.1 Å². The first-order valence-electron chi connectivity index (χ1n) is 10.7. The summed E-state index contributed by atoms with van der Waals surface area (Å²) in [5.41, 5.74) is 0.394. The van der Waals surface area contributed by atoms with Gasteiger partial charge in [0.15, 0.2) is 0 Å². The molecule has 0 unspecified atom stereocenters. The van der Waals surface area contributed by atoms with E-state index < -0.39 is 17.7 Å². The second-order valence-electron chi connectivity index (χ2n) is 7.73. The van der Waals surface area contributed by atoms with Gasteiger partial charge >= 0.3 is 5.97 Å². The third kappa shape index (κ3) is 6.56. The van der Waals surface area contributed by atoms with Crippen LogP contribution in [-0.2, 0) is 9.53 Å². The zero-order valence-corrected chi connectivity index (χ0v) is 18.8. The van der Waals surface area contributed by atoms with Crippen LogP contribution in [0.3, 0.4) is 0 Å². The SMILES string of the molecule is COC(=O)c1cc(NC(=O)c2ccccc2SCC(=O)NCC2CCCCC2)ccc1F. The molecule has 0 bridgehead atoms. The van der Waals surface area contributed by atoms with Crippen molar-refractivity contribution in [3.63, 3.8) is 0 Å². The monoisotopic (exact) mass is 458 g/mol. The van der Waals surface area contributed by atoms with Gasteiger partial charge < -0.3 is 15.4 Å². The van der Waals surface area contributed by atoms with Crippen LogP contribution in [0.1, 0.15) is 52.8 Å². The van der Waals surface area contributed by atoms with Crippen LogP contribution in [0.4, 0.5) is 10.1 Å². The predicted molar refractivity (Wildman–Crippen MR) is 122 cm³/mol. The van der Waals surface area contributed by atoms with Gasteiger partial charge in [-0.25, -0.2) is 9.18 Å². The number of methoxy groups -OCH3 is 1. The Morgan fingerprint density at radius 1 is 1.06 bits per heavy atom. The zero-order valence-electron chi connectivity index (χ0n) is 18.0. The summed E-state index contributed by atoms with van der Waals surface area (Å²) in [6.07, 6.45) is 6.07. The van der Waals surface area contributed by atoms with Crippen LogP contribution in [0, 0.1) is 11.7 Å². The average molecular weight is 459 g/mol. The number of hydrogen-bond acceptors (Lipinski definition) is 5. The van der Waals surface area contributed by atoms with Crippen molar-refractivity contribution in [2.75, 3.05) is 24.7 Å². The number of carbonyl (C=O) groups is 3. The molecule has 32 heavy (non-hydrogen) atoms. The van der Waals surface area contributed by atoms with Crippen LogP contribution < -0.4 is 10.6 Å².